The molecule has 6 heterocycles. The Morgan fingerprint density at radius 2 is 0.529 bits per heavy atom. The first kappa shape index (κ1) is 76.1. The monoisotopic (exact) mass is 1800 g/mol. The van der Waals surface area contributed by atoms with E-state index in [2.05, 4.69) is 469 Å². The summed E-state index contributed by atoms with van der Waals surface area (Å²) in [6.07, 6.45) is 0. The molecule has 4 aliphatic rings. The molecule has 0 N–H and O–H groups in total. The first-order chi connectivity index (χ1) is 67.5. The number of rotatable bonds is 13. The molecule has 0 fully saturated rings. The van der Waals surface area contributed by atoms with Crippen LogP contribution < -0.4 is 19.6 Å². The van der Waals surface area contributed by atoms with E-state index in [9.17, 15) is 0 Å². The third-order valence-corrected chi connectivity index (χ3v) is 34.2. The van der Waals surface area contributed by atoms with Gasteiger partial charge in [-0.1, -0.05) is 285 Å². The fraction of sp³-hybridized carbons (Fsp3) is 0.0159. The summed E-state index contributed by atoms with van der Waals surface area (Å²) in [7, 11) is 0. The van der Waals surface area contributed by atoms with Crippen molar-refractivity contribution in [3.05, 3.63) is 493 Å². The van der Waals surface area contributed by atoms with Crippen molar-refractivity contribution < 1.29 is 8.83 Å². The van der Waals surface area contributed by atoms with Gasteiger partial charge in [0.15, 0.2) is 11.2 Å². The number of thiophene rings is 4. The largest absolute Gasteiger partial charge is 0.454 e. The zero-order valence-corrected chi connectivity index (χ0v) is 76.2. The number of para-hydroxylation sites is 7. The number of furan rings is 2. The van der Waals surface area contributed by atoms with E-state index in [1.165, 1.54) is 148 Å². The van der Waals surface area contributed by atoms with E-state index in [1.807, 2.05) is 45.3 Å². The molecule has 0 saturated heterocycles. The molecule has 20 aromatic carbocycles. The smallest absolute Gasteiger partial charge is 0.159 e. The number of hydrogen-bond donors (Lipinski definition) is 0. The lowest BCUT2D eigenvalue weighted by molar-refractivity contribution is 0.669. The minimum absolute atomic E-state index is 0.746. The van der Waals surface area contributed by atoms with Gasteiger partial charge in [0, 0.05) is 117 Å². The van der Waals surface area contributed by atoms with Crippen LogP contribution in [0.15, 0.2) is 458 Å². The molecule has 136 heavy (non-hydrogen) atoms. The molecule has 6 nitrogen and oxygen atoms in total. The summed E-state index contributed by atoms with van der Waals surface area (Å²) in [5.41, 5.74) is 34.2. The Labute approximate surface area is 798 Å². The third kappa shape index (κ3) is 10.6. The summed E-state index contributed by atoms with van der Waals surface area (Å²) in [4.78, 5) is 12.5. The second-order valence-corrected chi connectivity index (χ2v) is 40.4. The van der Waals surface area contributed by atoms with Crippen molar-refractivity contribution in [2.24, 2.45) is 0 Å². The van der Waals surface area contributed by atoms with Crippen molar-refractivity contribution >= 4 is 218 Å². The third-order valence-electron chi connectivity index (χ3n) is 29.4. The van der Waals surface area contributed by atoms with Crippen LogP contribution in [0.4, 0.5) is 68.2 Å². The van der Waals surface area contributed by atoms with E-state index in [-0.39, 0.29) is 0 Å². The second kappa shape index (κ2) is 29.0. The SMILES string of the molecule is c1ccc(N(c2ccc3c(c2)C2(c4ccccc4-c4ccc(N(c5ccccc5)c5cccc6c5oc5cccc(-c7cc(N(c8ccccc8)c8ccc9c(c8)C8(c%10ccccc%10-c%10ccc(N(c%11ccccc%11)c%11cccc%12c%11sc%11ccccc%11%12)cc%108)c8c-9sc9ccccc89)c8sc9ccccc9c8c7)c56)cc42)c2c-3sc3ccccc23)c2cccc3c2oc2ccccc23)cc1. The minimum Gasteiger partial charge on any atom is -0.454 e. The molecule has 2 atom stereocenters. The van der Waals surface area contributed by atoms with Crippen LogP contribution in [0.25, 0.3) is 159 Å². The Morgan fingerprint density at radius 3 is 1.04 bits per heavy atom. The van der Waals surface area contributed by atoms with Crippen LogP contribution in [-0.2, 0) is 10.8 Å². The predicted octanol–water partition coefficient (Wildman–Crippen LogP) is 36.9. The van der Waals surface area contributed by atoms with Gasteiger partial charge in [-0.25, -0.2) is 0 Å². The standard InChI is InChI=1S/C126H74N4O2S4/c1-5-31-76(32-6-1)127(106-52-27-47-92-89-41-15-22-55-110(89)131-119(92)106)81-63-67-94-104(73-81)125(117-96-44-18-25-59-114(96)135-123(94)117)100-50-20-13-39-85(100)87-65-61-80(71-102(87)125)128(77-33-7-2-8-34-77)107-53-29-49-98-116-84(46-30-56-111(116)132-120(98)107)75-69-99-91-43-17-24-58-113(91)134-122(99)109(70-75)130(79-37-11-4-12-38-79)83-64-68-95-105(74-83)126(118-97-45-19-26-60-115(97)136-124(95)118)101-51-21-14-40-86(101)88-66-62-82(72-103(88)126)129(78-35-9-3-10-36-78)108-54-28-48-93-90-42-16-23-57-112(90)133-121(93)108/h1-74H. The Balaban J connectivity index is 0.603. The number of hydrogen-bond acceptors (Lipinski definition) is 10. The minimum atomic E-state index is -0.767. The molecule has 634 valence electrons. The summed E-state index contributed by atoms with van der Waals surface area (Å²) < 4.78 is 22.1. The van der Waals surface area contributed by atoms with Gasteiger partial charge in [0.05, 0.1) is 43.0 Å². The zero-order valence-electron chi connectivity index (χ0n) is 73.0. The van der Waals surface area contributed by atoms with E-state index in [0.717, 1.165) is 123 Å². The maximum Gasteiger partial charge on any atom is 0.159 e. The summed E-state index contributed by atoms with van der Waals surface area (Å²) in [6, 6.07) is 168. The van der Waals surface area contributed by atoms with Gasteiger partial charge in [-0.15, -0.1) is 45.3 Å². The molecule has 0 bridgehead atoms. The highest BCUT2D eigenvalue weighted by atomic mass is 32.1. The van der Waals surface area contributed by atoms with Crippen molar-refractivity contribution in [2.45, 2.75) is 10.8 Å². The Bertz CT molecular complexity index is 9580. The molecule has 26 aromatic rings. The van der Waals surface area contributed by atoms with Gasteiger partial charge in [-0.05, 0) is 264 Å². The van der Waals surface area contributed by atoms with Crippen LogP contribution in [0.3, 0.4) is 0 Å². The molecule has 0 radical (unpaired) electrons. The number of fused-ring (bicyclic) bond motifs is 36. The highest BCUT2D eigenvalue weighted by molar-refractivity contribution is 7.27. The zero-order chi connectivity index (χ0) is 88.7. The summed E-state index contributed by atoms with van der Waals surface area (Å²) >= 11 is 7.58. The van der Waals surface area contributed by atoms with E-state index in [4.69, 9.17) is 8.83 Å². The lowest BCUT2D eigenvalue weighted by Crippen LogP contribution is -2.26. The molecule has 2 unspecified atom stereocenters. The first-order valence-electron chi connectivity index (χ1n) is 46.4. The van der Waals surface area contributed by atoms with Crippen LogP contribution in [0, 0.1) is 0 Å². The maximum atomic E-state index is 7.67. The molecule has 10 heteroatoms. The molecule has 4 aliphatic carbocycles. The Morgan fingerprint density at radius 1 is 0.191 bits per heavy atom. The van der Waals surface area contributed by atoms with Gasteiger partial charge in [-0.2, -0.15) is 0 Å². The average Bonchev–Trinajstić information content (AvgIpc) is 1.49. The van der Waals surface area contributed by atoms with E-state index in [1.54, 1.807) is 0 Å². The van der Waals surface area contributed by atoms with Crippen LogP contribution >= 0.6 is 45.3 Å². The van der Waals surface area contributed by atoms with Gasteiger partial charge in [0.2, 0.25) is 0 Å². The summed E-state index contributed by atoms with van der Waals surface area (Å²) in [5.74, 6) is 0. The van der Waals surface area contributed by atoms with E-state index >= 15 is 0 Å². The van der Waals surface area contributed by atoms with Crippen LogP contribution in [0.5, 0.6) is 0 Å². The Hall–Kier alpha value is -16.4. The highest BCUT2D eigenvalue weighted by Crippen LogP contribution is 2.70. The topological polar surface area (TPSA) is 39.2 Å². The predicted molar refractivity (Wildman–Crippen MR) is 574 cm³/mol. The fourth-order valence-electron chi connectivity index (χ4n) is 24.0. The molecular weight excluding hydrogens is 1730 g/mol. The van der Waals surface area contributed by atoms with E-state index < -0.39 is 10.8 Å². The number of anilines is 12. The summed E-state index contributed by atoms with van der Waals surface area (Å²) in [6.45, 7) is 0. The highest BCUT2D eigenvalue weighted by Gasteiger charge is 2.56. The van der Waals surface area contributed by atoms with Crippen LogP contribution in [-0.4, -0.2) is 0 Å². The van der Waals surface area contributed by atoms with Crippen molar-refractivity contribution in [2.75, 3.05) is 19.6 Å². The quantitative estimate of drug-likeness (QED) is 0.115. The van der Waals surface area contributed by atoms with Crippen molar-refractivity contribution in [3.63, 3.8) is 0 Å². The first-order valence-corrected chi connectivity index (χ1v) is 49.7. The molecule has 0 saturated carbocycles. The fourth-order valence-corrected chi connectivity index (χ4v) is 29.0. The summed E-state index contributed by atoms with van der Waals surface area (Å²) in [5, 5.41) is 11.7. The van der Waals surface area contributed by atoms with Crippen molar-refractivity contribution in [1.82, 2.24) is 0 Å². The van der Waals surface area contributed by atoms with Gasteiger partial charge in [0.1, 0.15) is 11.2 Å². The van der Waals surface area contributed by atoms with Crippen LogP contribution in [0.1, 0.15) is 44.5 Å². The number of nitrogens with zero attached hydrogens (tertiary/aromatic N) is 4. The Kier molecular flexibility index (Phi) is 16.3. The molecular formula is C126H74N4O2S4. The van der Waals surface area contributed by atoms with Gasteiger partial charge >= 0.3 is 0 Å². The molecule has 6 aromatic heterocycles. The van der Waals surface area contributed by atoms with Gasteiger partial charge < -0.3 is 28.4 Å². The molecule has 2 spiro atoms. The average molecular weight is 1800 g/mol. The lowest BCUT2D eigenvalue weighted by Gasteiger charge is -2.33. The lowest BCUT2D eigenvalue weighted by atomic mass is 9.70. The molecule has 30 rings (SSSR count). The molecule has 0 aliphatic heterocycles. The van der Waals surface area contributed by atoms with Crippen molar-refractivity contribution in [1.29, 1.82) is 0 Å². The van der Waals surface area contributed by atoms with Gasteiger partial charge in [-0.3, -0.25) is 0 Å². The second-order valence-electron chi connectivity index (χ2n) is 36.2. The van der Waals surface area contributed by atoms with Gasteiger partial charge in [0.25, 0.3) is 0 Å². The molecule has 0 amide bonds. The van der Waals surface area contributed by atoms with Crippen molar-refractivity contribution in [3.8, 4) is 54.3 Å². The normalized spacial score (nSPS) is 14.7. The van der Waals surface area contributed by atoms with E-state index in [0.29, 0.717) is 0 Å². The van der Waals surface area contributed by atoms with Crippen LogP contribution in [0.2, 0.25) is 0 Å². The maximum absolute atomic E-state index is 7.67. The number of benzene rings is 20.